The second kappa shape index (κ2) is 12.4. The number of hydrogen-bond acceptors (Lipinski definition) is 6. The van der Waals surface area contributed by atoms with Crippen molar-refractivity contribution in [2.45, 2.75) is 45.6 Å². The first-order valence-electron chi connectivity index (χ1n) is 13.0. The van der Waals surface area contributed by atoms with Gasteiger partial charge in [0.2, 0.25) is 5.43 Å². The first kappa shape index (κ1) is 31.5. The fourth-order valence-electron chi connectivity index (χ4n) is 5.12. The van der Waals surface area contributed by atoms with Crippen molar-refractivity contribution in [2.75, 3.05) is 25.1 Å². The summed E-state index contributed by atoms with van der Waals surface area (Å²) in [6.07, 6.45) is -6.50. The lowest BCUT2D eigenvalue weighted by molar-refractivity contribution is -0.274. The van der Waals surface area contributed by atoms with Crippen molar-refractivity contribution in [3.63, 3.8) is 0 Å². The minimum Gasteiger partial charge on any atom is -0.492 e. The van der Waals surface area contributed by atoms with Gasteiger partial charge in [-0.2, -0.15) is 0 Å². The number of nitrogens with one attached hydrogen (secondary N) is 1. The molecule has 2 heterocycles. The number of halogens is 6. The predicted octanol–water partition coefficient (Wildman–Crippen LogP) is 4.85. The van der Waals surface area contributed by atoms with E-state index in [9.17, 15) is 41.4 Å². The summed E-state index contributed by atoms with van der Waals surface area (Å²) in [6, 6.07) is 4.27. The molecule has 2 N–H and O–H groups in total. The normalized spacial score (nSPS) is 14.3. The van der Waals surface area contributed by atoms with Crippen LogP contribution in [0, 0.1) is 18.7 Å². The van der Waals surface area contributed by atoms with E-state index in [1.807, 2.05) is 0 Å². The summed E-state index contributed by atoms with van der Waals surface area (Å²) >= 11 is 0. The zero-order valence-electron chi connectivity index (χ0n) is 22.9. The highest BCUT2D eigenvalue weighted by molar-refractivity contribution is 5.99. The summed E-state index contributed by atoms with van der Waals surface area (Å²) < 4.78 is 90.6. The number of carbonyl (C=O) groups excluding carboxylic acids is 1. The monoisotopic (exact) mass is 615 g/mol. The summed E-state index contributed by atoms with van der Waals surface area (Å²) in [5.74, 6) is -4.20. The third-order valence-corrected chi connectivity index (χ3v) is 7.17. The molecule has 1 fully saturated rings. The van der Waals surface area contributed by atoms with Crippen molar-refractivity contribution in [1.29, 1.82) is 0 Å². The maximum Gasteiger partial charge on any atom is 0.573 e. The van der Waals surface area contributed by atoms with Crippen molar-refractivity contribution >= 4 is 28.5 Å². The van der Waals surface area contributed by atoms with Gasteiger partial charge in [-0.1, -0.05) is 6.07 Å². The van der Waals surface area contributed by atoms with Crippen molar-refractivity contribution in [2.24, 2.45) is 5.92 Å². The molecule has 15 heteroatoms. The number of methoxy groups -OCH3 is 1. The van der Waals surface area contributed by atoms with Gasteiger partial charge in [0.05, 0.1) is 30.5 Å². The number of aryl methyl sites for hydroxylation is 1. The summed E-state index contributed by atoms with van der Waals surface area (Å²) in [4.78, 5) is 39.3. The largest absolute Gasteiger partial charge is 0.573 e. The average molecular weight is 616 g/mol. The van der Waals surface area contributed by atoms with Crippen LogP contribution in [0.15, 0.2) is 35.3 Å². The minimum absolute atomic E-state index is 0.119. The van der Waals surface area contributed by atoms with Gasteiger partial charge in [-0.25, -0.2) is 13.2 Å². The lowest BCUT2D eigenvalue weighted by Gasteiger charge is -2.33. The van der Waals surface area contributed by atoms with Crippen LogP contribution in [0.1, 0.15) is 34.3 Å². The number of ether oxygens (including phenoxy) is 2. The number of alkyl halides is 5. The van der Waals surface area contributed by atoms with E-state index >= 15 is 4.39 Å². The molecule has 1 aliphatic rings. The number of fused-ring (bicyclic) bond motifs is 1. The van der Waals surface area contributed by atoms with E-state index in [4.69, 9.17) is 4.74 Å². The van der Waals surface area contributed by atoms with Gasteiger partial charge in [0.25, 0.3) is 12.3 Å². The van der Waals surface area contributed by atoms with Gasteiger partial charge < -0.3 is 29.4 Å². The quantitative estimate of drug-likeness (QED) is 0.331. The van der Waals surface area contributed by atoms with Crippen LogP contribution in [0.4, 0.5) is 32.0 Å². The topological polar surface area (TPSA) is 110 Å². The number of hydrogen-bond donors (Lipinski definition) is 2. The van der Waals surface area contributed by atoms with E-state index in [2.05, 4.69) is 10.1 Å². The van der Waals surface area contributed by atoms with E-state index in [0.717, 1.165) is 29.0 Å². The molecule has 232 valence electrons. The molecular weight excluding hydrogens is 588 g/mol. The van der Waals surface area contributed by atoms with Crippen LogP contribution in [0.3, 0.4) is 0 Å². The van der Waals surface area contributed by atoms with E-state index in [1.165, 1.54) is 25.0 Å². The molecule has 0 bridgehead atoms. The average Bonchev–Trinajstić information content (AvgIpc) is 2.92. The van der Waals surface area contributed by atoms with Crippen LogP contribution >= 0.6 is 0 Å². The van der Waals surface area contributed by atoms with Gasteiger partial charge in [-0.15, -0.1) is 13.2 Å². The van der Waals surface area contributed by atoms with Gasteiger partial charge in [-0.3, -0.25) is 14.4 Å². The van der Waals surface area contributed by atoms with Gasteiger partial charge in [-0.05, 0) is 49.1 Å². The van der Waals surface area contributed by atoms with Crippen LogP contribution in [-0.4, -0.2) is 54.5 Å². The summed E-state index contributed by atoms with van der Waals surface area (Å²) in [5.41, 5.74) is -1.09. The number of aliphatic carboxylic acids is 1. The van der Waals surface area contributed by atoms with Gasteiger partial charge >= 0.3 is 12.3 Å². The fraction of sp³-hybridized carbons (Fsp3) is 0.393. The lowest BCUT2D eigenvalue weighted by Crippen LogP contribution is -2.37. The number of rotatable bonds is 9. The Balaban J connectivity index is 1.70. The molecule has 9 nitrogen and oxygen atoms in total. The molecule has 2 aromatic carbocycles. The number of carboxylic acid groups (broad SMARTS) is 1. The molecule has 0 spiro atoms. The first-order valence-corrected chi connectivity index (χ1v) is 13.0. The number of aromatic nitrogens is 1. The SMILES string of the molecule is COc1c(N2CCC(C(=O)O)CC2)c(F)cc2c(=O)c(C(=O)NCc3ccc(OC(F)(F)F)cc3C)cn(CC(F)F)c12. The van der Waals surface area contributed by atoms with Gasteiger partial charge in [0.15, 0.2) is 11.6 Å². The molecule has 0 atom stereocenters. The third-order valence-electron chi connectivity index (χ3n) is 7.17. The van der Waals surface area contributed by atoms with Crippen LogP contribution in [0.2, 0.25) is 0 Å². The zero-order chi connectivity index (χ0) is 31.6. The third kappa shape index (κ3) is 6.97. The number of amides is 1. The van der Waals surface area contributed by atoms with Crippen molar-refractivity contribution in [1.82, 2.24) is 9.88 Å². The smallest absolute Gasteiger partial charge is 0.492 e. The second-order valence-corrected chi connectivity index (χ2v) is 9.97. The van der Waals surface area contributed by atoms with Crippen molar-refractivity contribution < 1.29 is 50.5 Å². The van der Waals surface area contributed by atoms with Crippen LogP contribution < -0.4 is 25.1 Å². The Kier molecular flexibility index (Phi) is 9.11. The zero-order valence-corrected chi connectivity index (χ0v) is 22.9. The van der Waals surface area contributed by atoms with Gasteiger partial charge in [0, 0.05) is 25.8 Å². The van der Waals surface area contributed by atoms with Crippen LogP contribution in [-0.2, 0) is 17.9 Å². The number of piperidine rings is 1. The van der Waals surface area contributed by atoms with E-state index in [0.29, 0.717) is 11.1 Å². The van der Waals surface area contributed by atoms with E-state index in [-0.39, 0.29) is 49.4 Å². The van der Waals surface area contributed by atoms with Crippen LogP contribution in [0.25, 0.3) is 10.9 Å². The Bertz CT molecular complexity index is 1600. The highest BCUT2D eigenvalue weighted by Crippen LogP contribution is 2.40. The number of carbonyl (C=O) groups is 2. The second-order valence-electron chi connectivity index (χ2n) is 9.97. The minimum atomic E-state index is -4.89. The molecule has 0 aliphatic carbocycles. The van der Waals surface area contributed by atoms with Gasteiger partial charge in [0.1, 0.15) is 17.0 Å². The Morgan fingerprint density at radius 1 is 1.16 bits per heavy atom. The lowest BCUT2D eigenvalue weighted by atomic mass is 9.96. The standard InChI is InChI=1S/C28H27F6N3O6/c1-14-9-17(43-28(32,33)34)4-3-16(14)11-35-26(39)19-12-37(13-21(30)31)22-18(24(19)38)10-20(29)23(25(22)42-2)36-7-5-15(6-8-36)27(40)41/h3-4,9-10,12,15,21H,5-8,11,13H2,1-2H3,(H,35,39)(H,40,41). The molecule has 1 aromatic heterocycles. The molecule has 0 radical (unpaired) electrons. The van der Waals surface area contributed by atoms with E-state index in [1.54, 1.807) is 0 Å². The number of carboxylic acids is 1. The maximum absolute atomic E-state index is 15.5. The number of benzene rings is 2. The highest BCUT2D eigenvalue weighted by Gasteiger charge is 2.32. The molecule has 0 saturated carbocycles. The molecule has 1 aliphatic heterocycles. The van der Waals surface area contributed by atoms with Crippen LogP contribution in [0.5, 0.6) is 11.5 Å². The highest BCUT2D eigenvalue weighted by atomic mass is 19.4. The number of anilines is 1. The molecule has 43 heavy (non-hydrogen) atoms. The maximum atomic E-state index is 15.5. The molecule has 1 amide bonds. The van der Waals surface area contributed by atoms with E-state index < -0.39 is 65.1 Å². The fourth-order valence-corrected chi connectivity index (χ4v) is 5.12. The predicted molar refractivity (Wildman–Crippen MR) is 142 cm³/mol. The summed E-state index contributed by atoms with van der Waals surface area (Å²) in [7, 11) is 1.17. The summed E-state index contributed by atoms with van der Waals surface area (Å²) in [5, 5.41) is 11.3. The molecular formula is C28H27F6N3O6. The molecule has 4 rings (SSSR count). The Labute approximate surface area is 240 Å². The Hall–Kier alpha value is -4.43. The summed E-state index contributed by atoms with van der Waals surface area (Å²) in [6.45, 7) is 0.550. The Morgan fingerprint density at radius 2 is 1.84 bits per heavy atom. The van der Waals surface area contributed by atoms with Crippen molar-refractivity contribution in [3.8, 4) is 11.5 Å². The number of nitrogens with zero attached hydrogens (tertiary/aromatic N) is 2. The molecule has 1 saturated heterocycles. The molecule has 3 aromatic rings. The number of pyridine rings is 1. The first-order chi connectivity index (χ1) is 20.2. The Morgan fingerprint density at radius 3 is 2.40 bits per heavy atom. The van der Waals surface area contributed by atoms with Crippen molar-refractivity contribution in [3.05, 3.63) is 63.2 Å². The molecule has 0 unspecified atom stereocenters.